The SMILES string of the molecule is CCCCC(CN)NC(=O)Cc1ccccc1Br. The van der Waals surface area contributed by atoms with Crippen molar-refractivity contribution in [2.24, 2.45) is 5.73 Å². The van der Waals surface area contributed by atoms with Crippen molar-refractivity contribution in [1.82, 2.24) is 5.32 Å². The Balaban J connectivity index is 2.48. The molecule has 1 atom stereocenters. The summed E-state index contributed by atoms with van der Waals surface area (Å²) >= 11 is 3.45. The molecule has 3 N–H and O–H groups in total. The molecular weight excluding hydrogens is 292 g/mol. The molecule has 0 aliphatic heterocycles. The minimum atomic E-state index is 0.0356. The summed E-state index contributed by atoms with van der Waals surface area (Å²) in [5.74, 6) is 0.0356. The first-order valence-corrected chi connectivity index (χ1v) is 7.19. The number of carbonyl (C=O) groups excluding carboxylic acids is 1. The predicted octanol–water partition coefficient (Wildman–Crippen LogP) is 2.63. The quantitative estimate of drug-likeness (QED) is 0.813. The second-order valence-electron chi connectivity index (χ2n) is 4.41. The van der Waals surface area contributed by atoms with Crippen molar-refractivity contribution in [2.75, 3.05) is 6.54 Å². The van der Waals surface area contributed by atoms with Crippen LogP contribution in [0.2, 0.25) is 0 Å². The van der Waals surface area contributed by atoms with Crippen molar-refractivity contribution >= 4 is 21.8 Å². The van der Waals surface area contributed by atoms with Crippen LogP contribution in [-0.4, -0.2) is 18.5 Å². The van der Waals surface area contributed by atoms with Crippen LogP contribution < -0.4 is 11.1 Å². The summed E-state index contributed by atoms with van der Waals surface area (Å²) in [6.45, 7) is 2.64. The highest BCUT2D eigenvalue weighted by molar-refractivity contribution is 9.10. The van der Waals surface area contributed by atoms with E-state index in [1.54, 1.807) is 0 Å². The summed E-state index contributed by atoms with van der Waals surface area (Å²) < 4.78 is 0.970. The number of hydrogen-bond donors (Lipinski definition) is 2. The molecule has 18 heavy (non-hydrogen) atoms. The van der Waals surface area contributed by atoms with Crippen molar-refractivity contribution in [3.05, 3.63) is 34.3 Å². The Morgan fingerprint density at radius 1 is 1.44 bits per heavy atom. The number of amides is 1. The van der Waals surface area contributed by atoms with Gasteiger partial charge in [-0.15, -0.1) is 0 Å². The first-order valence-electron chi connectivity index (χ1n) is 6.40. The Morgan fingerprint density at radius 2 is 2.17 bits per heavy atom. The highest BCUT2D eigenvalue weighted by Crippen LogP contribution is 2.16. The topological polar surface area (TPSA) is 55.1 Å². The second-order valence-corrected chi connectivity index (χ2v) is 5.26. The lowest BCUT2D eigenvalue weighted by atomic mass is 10.1. The van der Waals surface area contributed by atoms with Crippen LogP contribution in [0.25, 0.3) is 0 Å². The Kier molecular flexibility index (Phi) is 6.98. The number of unbranched alkanes of at least 4 members (excludes halogenated alkanes) is 1. The fourth-order valence-corrected chi connectivity index (χ4v) is 2.22. The molecule has 0 bridgehead atoms. The zero-order valence-corrected chi connectivity index (χ0v) is 12.4. The third-order valence-corrected chi connectivity index (χ3v) is 3.64. The maximum Gasteiger partial charge on any atom is 0.224 e. The third-order valence-electron chi connectivity index (χ3n) is 2.86. The Hall–Kier alpha value is -0.870. The van der Waals surface area contributed by atoms with Gasteiger partial charge in [0.2, 0.25) is 5.91 Å². The molecule has 0 heterocycles. The van der Waals surface area contributed by atoms with E-state index in [1.165, 1.54) is 0 Å². The van der Waals surface area contributed by atoms with E-state index in [-0.39, 0.29) is 11.9 Å². The fraction of sp³-hybridized carbons (Fsp3) is 0.500. The van der Waals surface area contributed by atoms with Crippen LogP contribution >= 0.6 is 15.9 Å². The molecule has 0 saturated heterocycles. The number of benzene rings is 1. The van der Waals surface area contributed by atoms with Crippen LogP contribution in [-0.2, 0) is 11.2 Å². The van der Waals surface area contributed by atoms with Gasteiger partial charge in [0.05, 0.1) is 6.42 Å². The first-order chi connectivity index (χ1) is 8.67. The number of hydrogen-bond acceptors (Lipinski definition) is 2. The standard InChI is InChI=1S/C14H21BrN2O/c1-2-3-7-12(10-16)17-14(18)9-11-6-4-5-8-13(11)15/h4-6,8,12H,2-3,7,9-10,16H2,1H3,(H,17,18). The summed E-state index contributed by atoms with van der Waals surface area (Å²) in [4.78, 5) is 11.9. The lowest BCUT2D eigenvalue weighted by Crippen LogP contribution is -2.40. The minimum Gasteiger partial charge on any atom is -0.352 e. The van der Waals surface area contributed by atoms with Gasteiger partial charge in [-0.05, 0) is 18.1 Å². The number of carbonyl (C=O) groups is 1. The van der Waals surface area contributed by atoms with Gasteiger partial charge in [0.15, 0.2) is 0 Å². The molecule has 0 aromatic heterocycles. The largest absolute Gasteiger partial charge is 0.352 e. The number of rotatable bonds is 7. The van der Waals surface area contributed by atoms with Crippen LogP contribution in [0.1, 0.15) is 31.7 Å². The van der Waals surface area contributed by atoms with Gasteiger partial charge in [-0.1, -0.05) is 53.9 Å². The monoisotopic (exact) mass is 312 g/mol. The van der Waals surface area contributed by atoms with E-state index in [0.29, 0.717) is 13.0 Å². The van der Waals surface area contributed by atoms with E-state index in [4.69, 9.17) is 5.73 Å². The molecule has 0 aliphatic carbocycles. The second kappa shape index (κ2) is 8.27. The molecule has 1 unspecified atom stereocenters. The van der Waals surface area contributed by atoms with Gasteiger partial charge < -0.3 is 11.1 Å². The van der Waals surface area contributed by atoms with Crippen LogP contribution in [0.3, 0.4) is 0 Å². The lowest BCUT2D eigenvalue weighted by Gasteiger charge is -2.16. The molecular formula is C14H21BrN2O. The molecule has 0 fully saturated rings. The van der Waals surface area contributed by atoms with E-state index < -0.39 is 0 Å². The predicted molar refractivity (Wildman–Crippen MR) is 78.4 cm³/mol. The molecule has 3 nitrogen and oxygen atoms in total. The van der Waals surface area contributed by atoms with Crippen molar-refractivity contribution in [2.45, 2.75) is 38.6 Å². The molecule has 1 aromatic carbocycles. The van der Waals surface area contributed by atoms with Crippen molar-refractivity contribution in [3.8, 4) is 0 Å². The highest BCUT2D eigenvalue weighted by atomic mass is 79.9. The van der Waals surface area contributed by atoms with E-state index in [0.717, 1.165) is 29.3 Å². The zero-order chi connectivity index (χ0) is 13.4. The van der Waals surface area contributed by atoms with Crippen molar-refractivity contribution in [1.29, 1.82) is 0 Å². The molecule has 100 valence electrons. The van der Waals surface area contributed by atoms with Gasteiger partial charge in [-0.25, -0.2) is 0 Å². The van der Waals surface area contributed by atoms with Crippen molar-refractivity contribution < 1.29 is 4.79 Å². The summed E-state index contributed by atoms with van der Waals surface area (Å²) in [5, 5.41) is 2.99. The van der Waals surface area contributed by atoms with E-state index in [2.05, 4.69) is 28.2 Å². The summed E-state index contributed by atoms with van der Waals surface area (Å²) in [6, 6.07) is 7.87. The normalized spacial score (nSPS) is 12.2. The van der Waals surface area contributed by atoms with Gasteiger partial charge >= 0.3 is 0 Å². The molecule has 0 aliphatic rings. The number of halogens is 1. The van der Waals surface area contributed by atoms with Gasteiger partial charge in [0.1, 0.15) is 0 Å². The first kappa shape index (κ1) is 15.2. The minimum absolute atomic E-state index is 0.0356. The molecule has 1 amide bonds. The maximum absolute atomic E-state index is 11.9. The van der Waals surface area contributed by atoms with Crippen LogP contribution in [0.4, 0.5) is 0 Å². The Bertz CT molecular complexity index is 382. The van der Waals surface area contributed by atoms with Gasteiger partial charge in [0, 0.05) is 17.1 Å². The van der Waals surface area contributed by atoms with E-state index >= 15 is 0 Å². The van der Waals surface area contributed by atoms with E-state index in [1.807, 2.05) is 24.3 Å². The van der Waals surface area contributed by atoms with Gasteiger partial charge in [-0.2, -0.15) is 0 Å². The van der Waals surface area contributed by atoms with Gasteiger partial charge in [0.25, 0.3) is 0 Å². The number of nitrogens with two attached hydrogens (primary N) is 1. The fourth-order valence-electron chi connectivity index (χ4n) is 1.79. The average molecular weight is 313 g/mol. The molecule has 4 heteroatoms. The molecule has 0 radical (unpaired) electrons. The molecule has 1 aromatic rings. The summed E-state index contributed by atoms with van der Waals surface area (Å²) in [6.07, 6.45) is 3.56. The zero-order valence-electron chi connectivity index (χ0n) is 10.8. The van der Waals surface area contributed by atoms with E-state index in [9.17, 15) is 4.79 Å². The molecule has 0 spiro atoms. The molecule has 0 saturated carbocycles. The highest BCUT2D eigenvalue weighted by Gasteiger charge is 2.11. The Labute approximate surface area is 117 Å². The van der Waals surface area contributed by atoms with Crippen LogP contribution in [0.5, 0.6) is 0 Å². The Morgan fingerprint density at radius 3 is 2.78 bits per heavy atom. The average Bonchev–Trinajstić information content (AvgIpc) is 2.37. The number of nitrogens with one attached hydrogen (secondary N) is 1. The van der Waals surface area contributed by atoms with Crippen molar-refractivity contribution in [3.63, 3.8) is 0 Å². The third kappa shape index (κ3) is 5.19. The summed E-state index contributed by atoms with van der Waals surface area (Å²) in [5.41, 5.74) is 6.66. The molecule has 1 rings (SSSR count). The lowest BCUT2D eigenvalue weighted by molar-refractivity contribution is -0.121. The maximum atomic E-state index is 11.9. The van der Waals surface area contributed by atoms with Crippen LogP contribution in [0, 0.1) is 0 Å². The van der Waals surface area contributed by atoms with Crippen LogP contribution in [0.15, 0.2) is 28.7 Å². The smallest absolute Gasteiger partial charge is 0.224 e. The summed E-state index contributed by atoms with van der Waals surface area (Å²) in [7, 11) is 0. The van der Waals surface area contributed by atoms with Gasteiger partial charge in [-0.3, -0.25) is 4.79 Å².